The highest BCUT2D eigenvalue weighted by Gasteiger charge is 2.34. The van der Waals surface area contributed by atoms with Crippen molar-refractivity contribution in [3.05, 3.63) is 40.4 Å². The highest BCUT2D eigenvalue weighted by molar-refractivity contribution is 7.92. The average Bonchev–Trinajstić information content (AvgIpc) is 2.96. The number of hydrogen-bond donors (Lipinski definition) is 1. The minimum absolute atomic E-state index is 0.0456. The van der Waals surface area contributed by atoms with Gasteiger partial charge in [0.1, 0.15) is 0 Å². The van der Waals surface area contributed by atoms with Gasteiger partial charge in [-0.25, -0.2) is 13.4 Å². The number of sulfone groups is 1. The SMILES string of the molecule is CC(C)S(=O)(=O)c1cccc(C(=O)Nc2nc3c(s2)C(=O)CC(C)(C)C3)c1. The number of anilines is 1. The van der Waals surface area contributed by atoms with Gasteiger partial charge in [0.2, 0.25) is 0 Å². The van der Waals surface area contributed by atoms with Crippen LogP contribution in [0.3, 0.4) is 0 Å². The topological polar surface area (TPSA) is 93.2 Å². The van der Waals surface area contributed by atoms with Gasteiger partial charge in [-0.2, -0.15) is 0 Å². The standard InChI is InChI=1S/C19H22N2O4S2/c1-11(2)27(24,25)13-7-5-6-12(8-13)17(23)21-18-20-14-9-19(3,4)10-15(22)16(14)26-18/h5-8,11H,9-10H2,1-4H3,(H,20,21,23). The van der Waals surface area contributed by atoms with Gasteiger partial charge in [0.15, 0.2) is 20.8 Å². The molecule has 1 heterocycles. The van der Waals surface area contributed by atoms with E-state index >= 15 is 0 Å². The molecule has 0 aliphatic heterocycles. The molecule has 1 aromatic carbocycles. The summed E-state index contributed by atoms with van der Waals surface area (Å²) < 4.78 is 24.6. The number of nitrogens with one attached hydrogen (secondary N) is 1. The van der Waals surface area contributed by atoms with E-state index in [0.717, 1.165) is 0 Å². The third-order valence-electron chi connectivity index (χ3n) is 4.50. The lowest BCUT2D eigenvalue weighted by molar-refractivity contribution is 0.0915. The molecule has 1 N–H and O–H groups in total. The van der Waals surface area contributed by atoms with E-state index in [9.17, 15) is 18.0 Å². The highest BCUT2D eigenvalue weighted by atomic mass is 32.2. The maximum atomic E-state index is 12.6. The summed E-state index contributed by atoms with van der Waals surface area (Å²) in [5.74, 6) is -0.405. The zero-order valence-corrected chi connectivity index (χ0v) is 17.3. The summed E-state index contributed by atoms with van der Waals surface area (Å²) in [6, 6.07) is 5.95. The molecular weight excluding hydrogens is 384 g/mol. The molecule has 1 aliphatic rings. The monoisotopic (exact) mass is 406 g/mol. The van der Waals surface area contributed by atoms with Crippen LogP contribution in [0.2, 0.25) is 0 Å². The van der Waals surface area contributed by atoms with Crippen LogP contribution in [-0.2, 0) is 16.3 Å². The van der Waals surface area contributed by atoms with Crippen LogP contribution in [0.15, 0.2) is 29.2 Å². The predicted molar refractivity (Wildman–Crippen MR) is 105 cm³/mol. The first-order valence-electron chi connectivity index (χ1n) is 8.68. The molecule has 0 saturated carbocycles. The second-order valence-corrected chi connectivity index (χ2v) is 11.3. The van der Waals surface area contributed by atoms with Crippen LogP contribution < -0.4 is 5.32 Å². The molecule has 1 aliphatic carbocycles. The second-order valence-electron chi connectivity index (χ2n) is 7.81. The molecule has 3 rings (SSSR count). The lowest BCUT2D eigenvalue weighted by Gasteiger charge is -2.26. The Morgan fingerprint density at radius 2 is 1.96 bits per heavy atom. The first-order valence-corrected chi connectivity index (χ1v) is 11.0. The summed E-state index contributed by atoms with van der Waals surface area (Å²) >= 11 is 1.17. The molecule has 2 aromatic rings. The molecule has 0 atom stereocenters. The van der Waals surface area contributed by atoms with E-state index in [2.05, 4.69) is 10.3 Å². The van der Waals surface area contributed by atoms with Crippen molar-refractivity contribution in [2.24, 2.45) is 5.41 Å². The van der Waals surface area contributed by atoms with Gasteiger partial charge in [-0.1, -0.05) is 31.3 Å². The molecule has 27 heavy (non-hydrogen) atoms. The van der Waals surface area contributed by atoms with Crippen molar-refractivity contribution in [1.82, 2.24) is 4.98 Å². The fraction of sp³-hybridized carbons (Fsp3) is 0.421. The number of carbonyl (C=O) groups excluding carboxylic acids is 2. The molecule has 0 unspecified atom stereocenters. The summed E-state index contributed by atoms with van der Waals surface area (Å²) in [4.78, 5) is 30.0. The first kappa shape index (κ1) is 19.7. The molecule has 0 spiro atoms. The maximum absolute atomic E-state index is 12.6. The van der Waals surface area contributed by atoms with E-state index < -0.39 is 21.0 Å². The second kappa shape index (κ2) is 6.83. The Hall–Kier alpha value is -2.06. The van der Waals surface area contributed by atoms with Gasteiger partial charge in [-0.05, 0) is 43.9 Å². The van der Waals surface area contributed by atoms with Gasteiger partial charge in [-0.3, -0.25) is 14.9 Å². The molecule has 0 bridgehead atoms. The summed E-state index contributed by atoms with van der Waals surface area (Å²) in [5.41, 5.74) is 0.808. The number of amides is 1. The zero-order valence-electron chi connectivity index (χ0n) is 15.7. The molecule has 8 heteroatoms. The lowest BCUT2D eigenvalue weighted by Crippen LogP contribution is -2.26. The minimum atomic E-state index is -3.47. The Morgan fingerprint density at radius 1 is 1.26 bits per heavy atom. The van der Waals surface area contributed by atoms with Gasteiger partial charge in [0, 0.05) is 12.0 Å². The predicted octanol–water partition coefficient (Wildman–Crippen LogP) is 3.73. The third-order valence-corrected chi connectivity index (χ3v) is 7.71. The number of aromatic nitrogens is 1. The Kier molecular flexibility index (Phi) is 4.98. The molecular formula is C19H22N2O4S2. The molecule has 6 nitrogen and oxygen atoms in total. The molecule has 144 valence electrons. The number of benzene rings is 1. The summed E-state index contributed by atoms with van der Waals surface area (Å²) in [5, 5.41) is 2.47. The molecule has 0 fully saturated rings. The van der Waals surface area contributed by atoms with E-state index in [1.54, 1.807) is 26.0 Å². The Labute approximate surface area is 162 Å². The number of nitrogens with zero attached hydrogens (tertiary/aromatic N) is 1. The maximum Gasteiger partial charge on any atom is 0.257 e. The third kappa shape index (κ3) is 3.96. The van der Waals surface area contributed by atoms with Crippen LogP contribution in [0.4, 0.5) is 5.13 Å². The van der Waals surface area contributed by atoms with E-state index in [-0.39, 0.29) is 21.7 Å². The van der Waals surface area contributed by atoms with Crippen molar-refractivity contribution in [1.29, 1.82) is 0 Å². The van der Waals surface area contributed by atoms with Gasteiger partial charge < -0.3 is 0 Å². The largest absolute Gasteiger partial charge is 0.298 e. The van der Waals surface area contributed by atoms with Crippen molar-refractivity contribution in [2.45, 2.75) is 50.7 Å². The van der Waals surface area contributed by atoms with Gasteiger partial charge >= 0.3 is 0 Å². The van der Waals surface area contributed by atoms with Crippen LogP contribution in [0.1, 0.15) is 59.8 Å². The highest BCUT2D eigenvalue weighted by Crippen LogP contribution is 2.38. The van der Waals surface area contributed by atoms with E-state index in [1.165, 1.54) is 23.5 Å². The number of carbonyl (C=O) groups is 2. The lowest BCUT2D eigenvalue weighted by atomic mass is 9.78. The van der Waals surface area contributed by atoms with Gasteiger partial charge in [0.05, 0.1) is 20.7 Å². The average molecular weight is 407 g/mol. The fourth-order valence-electron chi connectivity index (χ4n) is 3.03. The van der Waals surface area contributed by atoms with Crippen LogP contribution >= 0.6 is 11.3 Å². The number of rotatable bonds is 4. The Bertz CT molecular complexity index is 1020. The van der Waals surface area contributed by atoms with E-state index in [0.29, 0.717) is 28.5 Å². The molecule has 1 aromatic heterocycles. The quantitative estimate of drug-likeness (QED) is 0.835. The normalized spacial score (nSPS) is 16.3. The van der Waals surface area contributed by atoms with Crippen molar-refractivity contribution >= 4 is 38.0 Å². The zero-order chi connectivity index (χ0) is 20.0. The van der Waals surface area contributed by atoms with Crippen LogP contribution in [0.25, 0.3) is 0 Å². The number of Topliss-reactive ketones (excluding diaryl/α,β-unsaturated/α-hetero) is 1. The number of thiazole rings is 1. The van der Waals surface area contributed by atoms with Crippen molar-refractivity contribution in [2.75, 3.05) is 5.32 Å². The van der Waals surface area contributed by atoms with Crippen LogP contribution in [0, 0.1) is 5.41 Å². The Balaban J connectivity index is 1.85. The molecule has 1 amide bonds. The number of fused-ring (bicyclic) bond motifs is 1. The summed E-state index contributed by atoms with van der Waals surface area (Å²) in [7, 11) is -3.47. The minimum Gasteiger partial charge on any atom is -0.298 e. The fourth-order valence-corrected chi connectivity index (χ4v) is 5.05. The molecule has 0 radical (unpaired) electrons. The van der Waals surface area contributed by atoms with Crippen LogP contribution in [0.5, 0.6) is 0 Å². The van der Waals surface area contributed by atoms with Gasteiger partial charge in [-0.15, -0.1) is 0 Å². The molecule has 0 saturated heterocycles. The van der Waals surface area contributed by atoms with Crippen molar-refractivity contribution < 1.29 is 18.0 Å². The summed E-state index contributed by atoms with van der Waals surface area (Å²) in [6.07, 6.45) is 1.15. The van der Waals surface area contributed by atoms with Gasteiger partial charge in [0.25, 0.3) is 5.91 Å². The van der Waals surface area contributed by atoms with E-state index in [4.69, 9.17) is 0 Å². The van der Waals surface area contributed by atoms with Crippen molar-refractivity contribution in [3.63, 3.8) is 0 Å². The smallest absolute Gasteiger partial charge is 0.257 e. The first-order chi connectivity index (χ1) is 12.5. The van der Waals surface area contributed by atoms with E-state index in [1.807, 2.05) is 13.8 Å². The summed E-state index contributed by atoms with van der Waals surface area (Å²) in [6.45, 7) is 7.24. The Morgan fingerprint density at radius 3 is 2.63 bits per heavy atom. The number of ketones is 1. The van der Waals surface area contributed by atoms with Crippen molar-refractivity contribution in [3.8, 4) is 0 Å². The number of hydrogen-bond acceptors (Lipinski definition) is 6. The van der Waals surface area contributed by atoms with Crippen LogP contribution in [-0.4, -0.2) is 30.3 Å².